The summed E-state index contributed by atoms with van der Waals surface area (Å²) in [5.41, 5.74) is 0.821. The van der Waals surface area contributed by atoms with E-state index in [0.717, 1.165) is 30.1 Å². The molecule has 2 unspecified atom stereocenters. The van der Waals surface area contributed by atoms with Crippen molar-refractivity contribution >= 4 is 11.3 Å². The van der Waals surface area contributed by atoms with E-state index in [2.05, 4.69) is 10.3 Å². The number of hydrogen-bond donors (Lipinski definition) is 2. The van der Waals surface area contributed by atoms with Gasteiger partial charge < -0.3 is 10.4 Å². The Labute approximate surface area is 81.8 Å². The number of hydrogen-bond acceptors (Lipinski definition) is 4. The minimum absolute atomic E-state index is 0.210. The topological polar surface area (TPSA) is 45.2 Å². The van der Waals surface area contributed by atoms with Crippen LogP contribution in [0.4, 0.5) is 0 Å². The van der Waals surface area contributed by atoms with E-state index in [-0.39, 0.29) is 6.04 Å². The fourth-order valence-electron chi connectivity index (χ4n) is 1.70. The van der Waals surface area contributed by atoms with Gasteiger partial charge in [0.05, 0.1) is 10.7 Å². The zero-order valence-electron chi connectivity index (χ0n) is 7.66. The number of aliphatic hydroxyl groups excluding tert-OH is 1. The highest BCUT2D eigenvalue weighted by atomic mass is 32.1. The van der Waals surface area contributed by atoms with Crippen molar-refractivity contribution in [3.8, 4) is 0 Å². The summed E-state index contributed by atoms with van der Waals surface area (Å²) >= 11 is 1.59. The number of aliphatic hydroxyl groups is 1. The third-order valence-corrected chi connectivity index (χ3v) is 3.21. The van der Waals surface area contributed by atoms with Crippen molar-refractivity contribution in [3.63, 3.8) is 0 Å². The zero-order chi connectivity index (χ0) is 9.26. The highest BCUT2D eigenvalue weighted by Gasteiger charge is 2.25. The van der Waals surface area contributed by atoms with Crippen LogP contribution in [-0.2, 0) is 0 Å². The SMILES string of the molecule is Cc1nc(C(O)C2CCCN2)cs1. The summed E-state index contributed by atoms with van der Waals surface area (Å²) in [7, 11) is 0. The molecule has 1 aromatic heterocycles. The molecule has 2 heterocycles. The van der Waals surface area contributed by atoms with Crippen LogP contribution in [0.15, 0.2) is 5.38 Å². The van der Waals surface area contributed by atoms with Crippen molar-refractivity contribution < 1.29 is 5.11 Å². The Balaban J connectivity index is 2.07. The number of aryl methyl sites for hydroxylation is 1. The molecule has 13 heavy (non-hydrogen) atoms. The molecule has 1 aromatic rings. The molecule has 2 rings (SSSR count). The third kappa shape index (κ3) is 1.90. The number of thiazole rings is 1. The molecule has 0 saturated carbocycles. The zero-order valence-corrected chi connectivity index (χ0v) is 8.47. The van der Waals surface area contributed by atoms with Gasteiger partial charge in [-0.05, 0) is 26.3 Å². The van der Waals surface area contributed by atoms with Crippen molar-refractivity contribution in [3.05, 3.63) is 16.1 Å². The molecule has 2 N–H and O–H groups in total. The second kappa shape index (κ2) is 3.74. The van der Waals surface area contributed by atoms with Crippen LogP contribution in [0.1, 0.15) is 29.6 Å². The summed E-state index contributed by atoms with van der Waals surface area (Å²) in [6, 6.07) is 0.210. The molecule has 0 radical (unpaired) electrons. The maximum absolute atomic E-state index is 9.92. The average Bonchev–Trinajstić information content (AvgIpc) is 2.72. The molecule has 3 nitrogen and oxygen atoms in total. The van der Waals surface area contributed by atoms with Gasteiger partial charge in [-0.2, -0.15) is 0 Å². The van der Waals surface area contributed by atoms with Gasteiger partial charge in [0.2, 0.25) is 0 Å². The third-order valence-electron chi connectivity index (χ3n) is 2.42. The van der Waals surface area contributed by atoms with Crippen molar-refractivity contribution in [1.29, 1.82) is 0 Å². The summed E-state index contributed by atoms with van der Waals surface area (Å²) < 4.78 is 0. The van der Waals surface area contributed by atoms with Gasteiger partial charge in [-0.1, -0.05) is 0 Å². The quantitative estimate of drug-likeness (QED) is 0.751. The lowest BCUT2D eigenvalue weighted by Crippen LogP contribution is -2.28. The first-order valence-electron chi connectivity index (χ1n) is 4.61. The molecule has 1 saturated heterocycles. The van der Waals surface area contributed by atoms with Gasteiger partial charge >= 0.3 is 0 Å². The Morgan fingerprint density at radius 3 is 3.15 bits per heavy atom. The van der Waals surface area contributed by atoms with Gasteiger partial charge in [-0.25, -0.2) is 4.98 Å². The van der Waals surface area contributed by atoms with Crippen molar-refractivity contribution in [2.45, 2.75) is 31.9 Å². The van der Waals surface area contributed by atoms with Crippen molar-refractivity contribution in [2.24, 2.45) is 0 Å². The smallest absolute Gasteiger partial charge is 0.112 e. The normalized spacial score (nSPS) is 24.9. The van der Waals surface area contributed by atoms with Gasteiger partial charge in [-0.15, -0.1) is 11.3 Å². The Morgan fingerprint density at radius 1 is 1.77 bits per heavy atom. The Morgan fingerprint density at radius 2 is 2.62 bits per heavy atom. The molecule has 0 amide bonds. The molecular weight excluding hydrogens is 184 g/mol. The highest BCUT2D eigenvalue weighted by molar-refractivity contribution is 7.09. The van der Waals surface area contributed by atoms with Crippen LogP contribution in [-0.4, -0.2) is 22.7 Å². The van der Waals surface area contributed by atoms with E-state index in [9.17, 15) is 5.11 Å². The van der Waals surface area contributed by atoms with Crippen LogP contribution in [0.5, 0.6) is 0 Å². The Hall–Kier alpha value is -0.450. The Kier molecular flexibility index (Phi) is 2.62. The molecule has 72 valence electrons. The Bertz CT molecular complexity index is 281. The summed E-state index contributed by atoms with van der Waals surface area (Å²) in [5.74, 6) is 0. The van der Waals surface area contributed by atoms with Gasteiger partial charge in [0, 0.05) is 11.4 Å². The van der Waals surface area contributed by atoms with Crippen molar-refractivity contribution in [2.75, 3.05) is 6.54 Å². The van der Waals surface area contributed by atoms with Crippen LogP contribution in [0, 0.1) is 6.92 Å². The fourth-order valence-corrected chi connectivity index (χ4v) is 2.34. The second-order valence-corrected chi connectivity index (χ2v) is 4.50. The van der Waals surface area contributed by atoms with E-state index < -0.39 is 6.10 Å². The molecular formula is C9H14N2OS. The number of nitrogens with one attached hydrogen (secondary N) is 1. The number of rotatable bonds is 2. The molecule has 2 atom stereocenters. The van der Waals surface area contributed by atoms with E-state index in [4.69, 9.17) is 0 Å². The lowest BCUT2D eigenvalue weighted by molar-refractivity contribution is 0.133. The molecule has 1 aliphatic heterocycles. The van der Waals surface area contributed by atoms with E-state index in [1.54, 1.807) is 11.3 Å². The fraction of sp³-hybridized carbons (Fsp3) is 0.667. The highest BCUT2D eigenvalue weighted by Crippen LogP contribution is 2.23. The van der Waals surface area contributed by atoms with Crippen LogP contribution >= 0.6 is 11.3 Å². The predicted octanol–water partition coefficient (Wildman–Crippen LogP) is 1.24. The maximum atomic E-state index is 9.92. The first-order valence-corrected chi connectivity index (χ1v) is 5.49. The van der Waals surface area contributed by atoms with E-state index in [1.165, 1.54) is 0 Å². The molecule has 1 aliphatic rings. The minimum Gasteiger partial charge on any atom is -0.385 e. The first kappa shape index (κ1) is 9.12. The summed E-state index contributed by atoms with van der Waals surface area (Å²) in [4.78, 5) is 4.28. The molecule has 4 heteroatoms. The van der Waals surface area contributed by atoms with E-state index in [0.29, 0.717) is 0 Å². The van der Waals surface area contributed by atoms with Crippen LogP contribution in [0.3, 0.4) is 0 Å². The summed E-state index contributed by atoms with van der Waals surface area (Å²) in [5, 5.41) is 16.2. The monoisotopic (exact) mass is 198 g/mol. The van der Waals surface area contributed by atoms with Gasteiger partial charge in [0.1, 0.15) is 6.10 Å². The van der Waals surface area contributed by atoms with Crippen LogP contribution in [0.2, 0.25) is 0 Å². The van der Waals surface area contributed by atoms with Gasteiger partial charge in [0.25, 0.3) is 0 Å². The van der Waals surface area contributed by atoms with Gasteiger partial charge in [0.15, 0.2) is 0 Å². The minimum atomic E-state index is -0.424. The summed E-state index contributed by atoms with van der Waals surface area (Å²) in [6.45, 7) is 2.98. The largest absolute Gasteiger partial charge is 0.385 e. The molecule has 0 aromatic carbocycles. The summed E-state index contributed by atoms with van der Waals surface area (Å²) in [6.07, 6.45) is 1.79. The molecule has 1 fully saturated rings. The van der Waals surface area contributed by atoms with Crippen molar-refractivity contribution in [1.82, 2.24) is 10.3 Å². The van der Waals surface area contributed by atoms with E-state index >= 15 is 0 Å². The average molecular weight is 198 g/mol. The number of aromatic nitrogens is 1. The van der Waals surface area contributed by atoms with E-state index in [1.807, 2.05) is 12.3 Å². The van der Waals surface area contributed by atoms with Gasteiger partial charge in [-0.3, -0.25) is 0 Å². The van der Waals surface area contributed by atoms with Crippen LogP contribution in [0.25, 0.3) is 0 Å². The molecule has 0 spiro atoms. The molecule has 0 aliphatic carbocycles. The first-order chi connectivity index (χ1) is 6.27. The predicted molar refractivity (Wildman–Crippen MR) is 52.8 cm³/mol. The van der Waals surface area contributed by atoms with Crippen LogP contribution < -0.4 is 5.32 Å². The standard InChI is InChI=1S/C9H14N2OS/c1-6-11-8(5-13-6)9(12)7-3-2-4-10-7/h5,7,9-10,12H,2-4H2,1H3. The second-order valence-electron chi connectivity index (χ2n) is 3.44. The lowest BCUT2D eigenvalue weighted by Gasteiger charge is -2.15. The maximum Gasteiger partial charge on any atom is 0.112 e. The lowest BCUT2D eigenvalue weighted by atomic mass is 10.1. The number of nitrogens with zero attached hydrogens (tertiary/aromatic N) is 1. The molecule has 0 bridgehead atoms.